The molecule has 0 aliphatic heterocycles. The van der Waals surface area contributed by atoms with Crippen molar-refractivity contribution in [2.24, 2.45) is 0 Å². The van der Waals surface area contributed by atoms with E-state index in [1.807, 2.05) is 39.0 Å². The highest BCUT2D eigenvalue weighted by atomic mass is 16.5. The summed E-state index contributed by atoms with van der Waals surface area (Å²) in [7, 11) is 0. The van der Waals surface area contributed by atoms with E-state index in [0.29, 0.717) is 17.1 Å². The van der Waals surface area contributed by atoms with Crippen LogP contribution in [0.4, 0.5) is 0 Å². The van der Waals surface area contributed by atoms with Crippen molar-refractivity contribution >= 4 is 11.8 Å². The lowest BCUT2D eigenvalue weighted by atomic mass is 10.2. The second-order valence-electron chi connectivity index (χ2n) is 5.97. The molecular formula is C20H24N2O4. The molecule has 0 spiro atoms. The molecule has 2 aromatic carbocycles. The third kappa shape index (κ3) is 6.12. The maximum Gasteiger partial charge on any atom is 0.276 e. The highest BCUT2D eigenvalue weighted by Crippen LogP contribution is 2.16. The number of ether oxygens (including phenoxy) is 2. The predicted octanol–water partition coefficient (Wildman–Crippen LogP) is 3.01. The number of nitrogens with one attached hydrogen (secondary N) is 2. The summed E-state index contributed by atoms with van der Waals surface area (Å²) in [4.78, 5) is 24.0. The van der Waals surface area contributed by atoms with E-state index in [-0.39, 0.29) is 12.7 Å². The second-order valence-corrected chi connectivity index (χ2v) is 5.97. The fourth-order valence-electron chi connectivity index (χ4n) is 2.12. The Morgan fingerprint density at radius 2 is 1.77 bits per heavy atom. The molecule has 6 heteroatoms. The molecule has 26 heavy (non-hydrogen) atoms. The molecule has 1 unspecified atom stereocenters. The van der Waals surface area contributed by atoms with Crippen molar-refractivity contribution in [2.75, 3.05) is 6.61 Å². The van der Waals surface area contributed by atoms with Gasteiger partial charge in [-0.2, -0.15) is 0 Å². The molecule has 2 aromatic rings. The number of amides is 2. The van der Waals surface area contributed by atoms with Gasteiger partial charge in [-0.1, -0.05) is 25.1 Å². The van der Waals surface area contributed by atoms with Gasteiger partial charge in [-0.15, -0.1) is 0 Å². The Labute approximate surface area is 153 Å². The summed E-state index contributed by atoms with van der Waals surface area (Å²) >= 11 is 0. The van der Waals surface area contributed by atoms with Crippen molar-refractivity contribution < 1.29 is 19.1 Å². The summed E-state index contributed by atoms with van der Waals surface area (Å²) in [5, 5.41) is 0. The summed E-state index contributed by atoms with van der Waals surface area (Å²) in [6.07, 6.45) is 0.930. The number of hydrazine groups is 1. The van der Waals surface area contributed by atoms with E-state index in [1.54, 1.807) is 30.3 Å². The molecule has 0 fully saturated rings. The van der Waals surface area contributed by atoms with Gasteiger partial charge in [-0.05, 0) is 56.2 Å². The fraction of sp³-hybridized carbons (Fsp3) is 0.300. The van der Waals surface area contributed by atoms with E-state index in [0.717, 1.165) is 12.0 Å². The molecule has 0 aromatic heterocycles. The third-order valence-electron chi connectivity index (χ3n) is 3.68. The van der Waals surface area contributed by atoms with Gasteiger partial charge in [0.15, 0.2) is 6.61 Å². The maximum atomic E-state index is 12.2. The lowest BCUT2D eigenvalue weighted by Gasteiger charge is -2.13. The monoisotopic (exact) mass is 356 g/mol. The summed E-state index contributed by atoms with van der Waals surface area (Å²) in [5.41, 5.74) is 6.13. The molecule has 0 saturated heterocycles. The van der Waals surface area contributed by atoms with Crippen LogP contribution in [0, 0.1) is 6.92 Å². The van der Waals surface area contributed by atoms with Crippen molar-refractivity contribution in [3.8, 4) is 11.5 Å². The molecule has 0 saturated carbocycles. The smallest absolute Gasteiger partial charge is 0.276 e. The topological polar surface area (TPSA) is 76.7 Å². The van der Waals surface area contributed by atoms with Crippen LogP contribution in [0.25, 0.3) is 0 Å². The molecule has 0 radical (unpaired) electrons. The van der Waals surface area contributed by atoms with E-state index in [9.17, 15) is 9.59 Å². The minimum absolute atomic E-state index is 0.0618. The number of hydrogen-bond acceptors (Lipinski definition) is 4. The van der Waals surface area contributed by atoms with Gasteiger partial charge in [-0.25, -0.2) is 0 Å². The van der Waals surface area contributed by atoms with E-state index in [4.69, 9.17) is 9.47 Å². The molecule has 0 aliphatic rings. The van der Waals surface area contributed by atoms with E-state index in [2.05, 4.69) is 10.9 Å². The van der Waals surface area contributed by atoms with Crippen LogP contribution in [0.15, 0.2) is 48.5 Å². The molecule has 6 nitrogen and oxygen atoms in total. The van der Waals surface area contributed by atoms with Crippen molar-refractivity contribution in [2.45, 2.75) is 33.3 Å². The average molecular weight is 356 g/mol. The largest absolute Gasteiger partial charge is 0.491 e. The Balaban J connectivity index is 1.82. The zero-order chi connectivity index (χ0) is 18.9. The van der Waals surface area contributed by atoms with Crippen LogP contribution < -0.4 is 20.3 Å². The minimum atomic E-state index is -0.452. The summed E-state index contributed by atoms with van der Waals surface area (Å²) in [5.74, 6) is 0.331. The normalized spacial score (nSPS) is 11.3. The minimum Gasteiger partial charge on any atom is -0.491 e. The zero-order valence-electron chi connectivity index (χ0n) is 15.2. The lowest BCUT2D eigenvalue weighted by Crippen LogP contribution is -2.43. The van der Waals surface area contributed by atoms with Gasteiger partial charge in [0.05, 0.1) is 6.10 Å². The molecule has 138 valence electrons. The van der Waals surface area contributed by atoms with Gasteiger partial charge in [0, 0.05) is 5.56 Å². The highest BCUT2D eigenvalue weighted by molar-refractivity contribution is 5.95. The van der Waals surface area contributed by atoms with Crippen LogP contribution in [0.2, 0.25) is 0 Å². The summed E-state index contributed by atoms with van der Waals surface area (Å²) in [6.45, 7) is 5.73. The van der Waals surface area contributed by atoms with Gasteiger partial charge in [-0.3, -0.25) is 20.4 Å². The van der Waals surface area contributed by atoms with Gasteiger partial charge in [0.2, 0.25) is 0 Å². The van der Waals surface area contributed by atoms with Crippen molar-refractivity contribution in [3.63, 3.8) is 0 Å². The molecule has 0 bridgehead atoms. The Morgan fingerprint density at radius 3 is 2.50 bits per heavy atom. The Morgan fingerprint density at radius 1 is 1.04 bits per heavy atom. The number of hydrogen-bond donors (Lipinski definition) is 2. The van der Waals surface area contributed by atoms with Crippen LogP contribution in [-0.2, 0) is 4.79 Å². The van der Waals surface area contributed by atoms with Crippen molar-refractivity contribution in [3.05, 3.63) is 59.7 Å². The molecule has 0 aliphatic carbocycles. The third-order valence-corrected chi connectivity index (χ3v) is 3.68. The molecule has 2 N–H and O–H groups in total. The van der Waals surface area contributed by atoms with Gasteiger partial charge >= 0.3 is 0 Å². The van der Waals surface area contributed by atoms with E-state index < -0.39 is 11.8 Å². The molecule has 2 amide bonds. The Hall–Kier alpha value is -3.02. The second kappa shape index (κ2) is 9.46. The van der Waals surface area contributed by atoms with Crippen LogP contribution in [0.5, 0.6) is 11.5 Å². The first kappa shape index (κ1) is 19.3. The van der Waals surface area contributed by atoms with Crippen LogP contribution in [0.3, 0.4) is 0 Å². The number of carbonyl (C=O) groups excluding carboxylic acids is 2. The summed E-state index contributed by atoms with van der Waals surface area (Å²) in [6, 6.07) is 14.2. The molecule has 2 rings (SSSR count). The lowest BCUT2D eigenvalue weighted by molar-refractivity contribution is -0.123. The van der Waals surface area contributed by atoms with Gasteiger partial charge in [0.1, 0.15) is 11.5 Å². The van der Waals surface area contributed by atoms with Crippen LogP contribution in [-0.4, -0.2) is 24.5 Å². The Kier molecular flexibility index (Phi) is 7.02. The SMILES string of the molecule is CCC(C)Oc1cccc(C(=O)NNC(=O)COc2cccc(C)c2)c1. The fourth-order valence-corrected chi connectivity index (χ4v) is 2.12. The molecule has 0 heterocycles. The first-order chi connectivity index (χ1) is 12.5. The highest BCUT2D eigenvalue weighted by Gasteiger charge is 2.10. The summed E-state index contributed by atoms with van der Waals surface area (Å²) < 4.78 is 11.1. The standard InChI is InChI=1S/C20H24N2O4/c1-4-15(3)26-18-10-6-8-16(12-18)20(24)22-21-19(23)13-25-17-9-5-7-14(2)11-17/h5-12,15H,4,13H2,1-3H3,(H,21,23)(H,22,24). The quantitative estimate of drug-likeness (QED) is 0.748. The van der Waals surface area contributed by atoms with Crippen molar-refractivity contribution in [1.29, 1.82) is 0 Å². The van der Waals surface area contributed by atoms with Crippen molar-refractivity contribution in [1.82, 2.24) is 10.9 Å². The number of benzene rings is 2. The number of carbonyl (C=O) groups is 2. The predicted molar refractivity (Wildman–Crippen MR) is 99.1 cm³/mol. The number of rotatable bonds is 7. The zero-order valence-corrected chi connectivity index (χ0v) is 15.2. The van der Waals surface area contributed by atoms with Crippen LogP contribution >= 0.6 is 0 Å². The van der Waals surface area contributed by atoms with Gasteiger partial charge < -0.3 is 9.47 Å². The van der Waals surface area contributed by atoms with Crippen LogP contribution in [0.1, 0.15) is 36.2 Å². The van der Waals surface area contributed by atoms with Gasteiger partial charge in [0.25, 0.3) is 11.8 Å². The first-order valence-corrected chi connectivity index (χ1v) is 8.53. The van der Waals surface area contributed by atoms with E-state index in [1.165, 1.54) is 0 Å². The maximum absolute atomic E-state index is 12.2. The van der Waals surface area contributed by atoms with E-state index >= 15 is 0 Å². The molecular weight excluding hydrogens is 332 g/mol. The average Bonchev–Trinajstić information content (AvgIpc) is 2.64. The first-order valence-electron chi connectivity index (χ1n) is 8.53. The number of aryl methyl sites for hydroxylation is 1. The molecule has 1 atom stereocenters. The Bertz CT molecular complexity index is 761.